The van der Waals surface area contributed by atoms with Gasteiger partial charge in [0.05, 0.1) is 6.26 Å². The Morgan fingerprint density at radius 1 is 1.16 bits per heavy atom. The fourth-order valence-corrected chi connectivity index (χ4v) is 6.47. The summed E-state index contributed by atoms with van der Waals surface area (Å²) in [4.78, 5) is 12.7. The highest BCUT2D eigenvalue weighted by Crippen LogP contribution is 2.46. The Balaban J connectivity index is 0.000000360. The zero-order valence-corrected chi connectivity index (χ0v) is 19.1. The summed E-state index contributed by atoms with van der Waals surface area (Å²) >= 11 is 1.77. The monoisotopic (exact) mass is 490 g/mol. The van der Waals surface area contributed by atoms with Crippen molar-refractivity contribution in [1.82, 2.24) is 9.21 Å². The molecular weight excluding hydrogens is 465 g/mol. The first-order valence-corrected chi connectivity index (χ1v) is 12.7. The fraction of sp³-hybridized carbons (Fsp3) is 0.476. The number of thiophene rings is 1. The van der Waals surface area contributed by atoms with E-state index in [1.165, 1.54) is 16.7 Å². The second kappa shape index (κ2) is 9.50. The van der Waals surface area contributed by atoms with Gasteiger partial charge in [-0.3, -0.25) is 4.90 Å². The summed E-state index contributed by atoms with van der Waals surface area (Å²) in [7, 11) is -3.20. The molecule has 32 heavy (non-hydrogen) atoms. The van der Waals surface area contributed by atoms with E-state index in [0.29, 0.717) is 6.54 Å². The van der Waals surface area contributed by atoms with Gasteiger partial charge in [0, 0.05) is 36.0 Å². The Kier molecular flexibility index (Phi) is 7.33. The third-order valence-corrected chi connectivity index (χ3v) is 8.20. The number of fused-ring (bicyclic) bond motifs is 1. The van der Waals surface area contributed by atoms with E-state index in [0.717, 1.165) is 32.5 Å². The van der Waals surface area contributed by atoms with Crippen LogP contribution in [0.15, 0.2) is 47.8 Å². The van der Waals surface area contributed by atoms with E-state index in [4.69, 9.17) is 9.90 Å². The molecule has 2 aliphatic rings. The fourth-order valence-electron chi connectivity index (χ4n) is 4.57. The Bertz CT molecular complexity index is 1010. The van der Waals surface area contributed by atoms with E-state index in [9.17, 15) is 21.6 Å². The zero-order valence-electron chi connectivity index (χ0n) is 17.5. The maximum Gasteiger partial charge on any atom is 0.490 e. The van der Waals surface area contributed by atoms with Crippen LogP contribution in [-0.2, 0) is 26.8 Å². The standard InChI is InChI=1S/C19H24N2O2S2.C2HF3O2/c1-25(22,23)21-12-10-19(16-6-3-2-4-7-16)9-11-20(15-18(19)21)14-17-8-5-13-24-17;3-2(4,5)1(6)7/h2-8,13,18H,9-12,14-15H2,1H3;(H,6,7). The summed E-state index contributed by atoms with van der Waals surface area (Å²) < 4.78 is 58.3. The molecule has 2 saturated heterocycles. The molecular formula is C21H25F3N2O4S2. The first kappa shape index (κ1) is 24.7. The smallest absolute Gasteiger partial charge is 0.475 e. The molecule has 0 radical (unpaired) electrons. The number of alkyl halides is 3. The number of rotatable bonds is 4. The summed E-state index contributed by atoms with van der Waals surface area (Å²) in [5.41, 5.74) is 1.25. The van der Waals surface area contributed by atoms with Gasteiger partial charge in [-0.15, -0.1) is 11.3 Å². The van der Waals surface area contributed by atoms with E-state index in [2.05, 4.69) is 46.7 Å². The van der Waals surface area contributed by atoms with E-state index < -0.39 is 22.2 Å². The van der Waals surface area contributed by atoms with Crippen molar-refractivity contribution in [1.29, 1.82) is 0 Å². The summed E-state index contributed by atoms with van der Waals surface area (Å²) in [6, 6.07) is 14.8. The molecule has 2 unspecified atom stereocenters. The van der Waals surface area contributed by atoms with Crippen molar-refractivity contribution in [2.45, 2.75) is 37.0 Å². The van der Waals surface area contributed by atoms with Crippen LogP contribution in [0.1, 0.15) is 23.3 Å². The normalized spacial score (nSPS) is 24.4. The minimum absolute atomic E-state index is 0.0265. The molecule has 2 atom stereocenters. The van der Waals surface area contributed by atoms with Crippen LogP contribution in [0.25, 0.3) is 0 Å². The van der Waals surface area contributed by atoms with Crippen molar-refractivity contribution < 1.29 is 31.5 Å². The topological polar surface area (TPSA) is 77.9 Å². The van der Waals surface area contributed by atoms with Gasteiger partial charge in [-0.05, 0) is 36.4 Å². The van der Waals surface area contributed by atoms with Gasteiger partial charge in [-0.25, -0.2) is 13.2 Å². The van der Waals surface area contributed by atoms with Crippen LogP contribution in [0.4, 0.5) is 13.2 Å². The van der Waals surface area contributed by atoms with Crippen LogP contribution >= 0.6 is 11.3 Å². The lowest BCUT2D eigenvalue weighted by Gasteiger charge is -2.46. The Labute approximate surface area is 189 Å². The molecule has 0 aliphatic carbocycles. The van der Waals surface area contributed by atoms with Crippen LogP contribution in [-0.4, -0.2) is 66.8 Å². The molecule has 1 aromatic carbocycles. The number of likely N-dealkylation sites (tertiary alicyclic amines) is 1. The molecule has 6 nitrogen and oxygen atoms in total. The predicted molar refractivity (Wildman–Crippen MR) is 116 cm³/mol. The van der Waals surface area contributed by atoms with Crippen LogP contribution in [0.3, 0.4) is 0 Å². The van der Waals surface area contributed by atoms with Gasteiger partial charge in [-0.1, -0.05) is 36.4 Å². The summed E-state index contributed by atoms with van der Waals surface area (Å²) in [6.45, 7) is 3.36. The van der Waals surface area contributed by atoms with Crippen molar-refractivity contribution in [3.8, 4) is 0 Å². The molecule has 2 aliphatic heterocycles. The summed E-state index contributed by atoms with van der Waals surface area (Å²) in [5, 5.41) is 9.23. The third kappa shape index (κ3) is 5.51. The average Bonchev–Trinajstić information content (AvgIpc) is 3.36. The second-order valence-corrected chi connectivity index (χ2v) is 11.0. The van der Waals surface area contributed by atoms with Gasteiger partial charge in [0.1, 0.15) is 0 Å². The number of carboxylic acid groups (broad SMARTS) is 1. The molecule has 2 aromatic rings. The first-order chi connectivity index (χ1) is 14.9. The zero-order chi connectivity index (χ0) is 23.6. The number of hydrogen-bond donors (Lipinski definition) is 1. The third-order valence-electron chi connectivity index (χ3n) is 6.05. The quantitative estimate of drug-likeness (QED) is 0.709. The molecule has 3 heterocycles. The van der Waals surface area contributed by atoms with E-state index in [-0.39, 0.29) is 11.5 Å². The van der Waals surface area contributed by atoms with Crippen molar-refractivity contribution >= 4 is 27.3 Å². The molecule has 176 valence electrons. The minimum Gasteiger partial charge on any atom is -0.475 e. The molecule has 0 bridgehead atoms. The number of carboxylic acids is 1. The molecule has 0 saturated carbocycles. The molecule has 11 heteroatoms. The molecule has 0 amide bonds. The lowest BCUT2D eigenvalue weighted by molar-refractivity contribution is -0.192. The number of sulfonamides is 1. The Morgan fingerprint density at radius 2 is 1.78 bits per heavy atom. The van der Waals surface area contributed by atoms with Crippen molar-refractivity contribution in [2.75, 3.05) is 25.9 Å². The molecule has 1 N–H and O–H groups in total. The van der Waals surface area contributed by atoms with Gasteiger partial charge in [0.2, 0.25) is 10.0 Å². The number of nitrogens with zero attached hydrogens (tertiary/aromatic N) is 2. The Hall–Kier alpha value is -1.95. The average molecular weight is 491 g/mol. The number of piperidine rings is 1. The van der Waals surface area contributed by atoms with E-state index in [1.807, 2.05) is 6.07 Å². The van der Waals surface area contributed by atoms with Crippen molar-refractivity contribution in [3.05, 3.63) is 58.3 Å². The molecule has 1 aromatic heterocycles. The van der Waals surface area contributed by atoms with Crippen molar-refractivity contribution in [2.24, 2.45) is 0 Å². The van der Waals surface area contributed by atoms with Gasteiger partial charge in [-0.2, -0.15) is 17.5 Å². The summed E-state index contributed by atoms with van der Waals surface area (Å²) in [6.07, 6.45) is -1.80. The van der Waals surface area contributed by atoms with Crippen molar-refractivity contribution in [3.63, 3.8) is 0 Å². The lowest BCUT2D eigenvalue weighted by atomic mass is 9.69. The highest BCUT2D eigenvalue weighted by Gasteiger charge is 2.53. The van der Waals surface area contributed by atoms with Crippen LogP contribution in [0.2, 0.25) is 0 Å². The van der Waals surface area contributed by atoms with Gasteiger partial charge in [0.15, 0.2) is 0 Å². The molecule has 2 fully saturated rings. The van der Waals surface area contributed by atoms with Crippen LogP contribution in [0.5, 0.6) is 0 Å². The number of carbonyl (C=O) groups is 1. The van der Waals surface area contributed by atoms with Gasteiger partial charge in [0.25, 0.3) is 0 Å². The van der Waals surface area contributed by atoms with Gasteiger partial charge >= 0.3 is 12.1 Å². The maximum absolute atomic E-state index is 12.4. The molecule has 0 spiro atoms. The highest BCUT2D eigenvalue weighted by molar-refractivity contribution is 7.88. The van der Waals surface area contributed by atoms with Crippen LogP contribution < -0.4 is 0 Å². The maximum atomic E-state index is 12.4. The number of aliphatic carboxylic acids is 1. The Morgan fingerprint density at radius 3 is 2.31 bits per heavy atom. The number of halogens is 3. The lowest BCUT2D eigenvalue weighted by Crippen LogP contribution is -2.56. The van der Waals surface area contributed by atoms with E-state index in [1.54, 1.807) is 15.6 Å². The van der Waals surface area contributed by atoms with Crippen LogP contribution in [0, 0.1) is 0 Å². The predicted octanol–water partition coefficient (Wildman–Crippen LogP) is 3.56. The van der Waals surface area contributed by atoms with E-state index >= 15 is 0 Å². The summed E-state index contributed by atoms with van der Waals surface area (Å²) in [5.74, 6) is -2.76. The second-order valence-electron chi connectivity index (χ2n) is 8.03. The number of benzene rings is 1. The first-order valence-electron chi connectivity index (χ1n) is 10.0. The molecule has 4 rings (SSSR count). The van der Waals surface area contributed by atoms with Gasteiger partial charge < -0.3 is 5.11 Å². The largest absolute Gasteiger partial charge is 0.490 e. The number of hydrogen-bond acceptors (Lipinski definition) is 5. The minimum atomic E-state index is -5.08. The SMILES string of the molecule is CS(=O)(=O)N1CCC2(c3ccccc3)CCN(Cc3cccs3)CC12.O=C(O)C(F)(F)F. The highest BCUT2D eigenvalue weighted by atomic mass is 32.2.